The van der Waals surface area contributed by atoms with Gasteiger partial charge < -0.3 is 24.8 Å². The van der Waals surface area contributed by atoms with Crippen molar-refractivity contribution >= 4 is 17.6 Å². The molecule has 1 saturated heterocycles. The van der Waals surface area contributed by atoms with Crippen LogP contribution in [0.25, 0.3) is 0 Å². The van der Waals surface area contributed by atoms with Crippen LogP contribution in [0, 0.1) is 6.92 Å². The molecule has 1 fully saturated rings. The lowest BCUT2D eigenvalue weighted by Gasteiger charge is -2.33. The van der Waals surface area contributed by atoms with Crippen molar-refractivity contribution in [1.29, 1.82) is 0 Å². The molecule has 4 rings (SSSR count). The molecule has 0 saturated carbocycles. The number of nitrogens with one attached hydrogen (secondary N) is 1. The Bertz CT molecular complexity index is 1260. The molecule has 0 radical (unpaired) electrons. The van der Waals surface area contributed by atoms with Crippen molar-refractivity contribution in [1.82, 2.24) is 19.7 Å². The highest BCUT2D eigenvalue weighted by Gasteiger charge is 2.29. The normalized spacial score (nSPS) is 13.8. The Balaban J connectivity index is 1.47. The van der Waals surface area contributed by atoms with E-state index in [1.54, 1.807) is 13.2 Å². The zero-order valence-electron chi connectivity index (χ0n) is 23.4. The van der Waals surface area contributed by atoms with Gasteiger partial charge >= 0.3 is 6.03 Å². The summed E-state index contributed by atoms with van der Waals surface area (Å²) < 4.78 is 5.26. The third-order valence-electron chi connectivity index (χ3n) is 7.10. The molecule has 2 aromatic carbocycles. The van der Waals surface area contributed by atoms with Crippen molar-refractivity contribution in [2.45, 2.75) is 32.2 Å². The van der Waals surface area contributed by atoms with Crippen LogP contribution in [0.5, 0.6) is 5.75 Å². The van der Waals surface area contributed by atoms with Gasteiger partial charge in [0.05, 0.1) is 18.4 Å². The number of likely N-dealkylation sites (tertiary alicyclic amines) is 1. The van der Waals surface area contributed by atoms with Gasteiger partial charge in [0.2, 0.25) is 0 Å². The Kier molecular flexibility index (Phi) is 9.54. The number of carbonyl (C=O) groups excluding carboxylic acids is 2. The number of aryl methyl sites for hydroxylation is 1. The highest BCUT2D eigenvalue weighted by molar-refractivity contribution is 5.95. The van der Waals surface area contributed by atoms with E-state index in [1.165, 1.54) is 0 Å². The number of rotatable bonds is 9. The first-order valence-corrected chi connectivity index (χ1v) is 13.5. The third kappa shape index (κ3) is 7.57. The van der Waals surface area contributed by atoms with Crippen LogP contribution in [0.2, 0.25) is 0 Å². The van der Waals surface area contributed by atoms with Crippen LogP contribution in [0.15, 0.2) is 66.7 Å². The molecule has 2 heterocycles. The van der Waals surface area contributed by atoms with Gasteiger partial charge in [0.1, 0.15) is 5.75 Å². The lowest BCUT2D eigenvalue weighted by molar-refractivity contribution is 0.0728. The SMILES string of the molecule is COc1cccc(NC(=O)N2CCC(c3nc(C)ccc3C(=O)N(CCN(C)C)Cc3ccccc3)CC2)c1. The maximum absolute atomic E-state index is 13.9. The molecule has 3 amide bonds. The number of amides is 3. The lowest BCUT2D eigenvalue weighted by atomic mass is 9.89. The molecular formula is C31H39N5O3. The largest absolute Gasteiger partial charge is 0.497 e. The van der Waals surface area contributed by atoms with Gasteiger partial charge in [-0.2, -0.15) is 0 Å². The number of piperidine rings is 1. The van der Waals surface area contributed by atoms with Crippen LogP contribution < -0.4 is 10.1 Å². The summed E-state index contributed by atoms with van der Waals surface area (Å²) in [4.78, 5) is 37.6. The fourth-order valence-electron chi connectivity index (χ4n) is 4.88. The number of pyridine rings is 1. The quantitative estimate of drug-likeness (QED) is 0.422. The van der Waals surface area contributed by atoms with Crippen molar-refractivity contribution in [3.63, 3.8) is 0 Å². The Morgan fingerprint density at radius 1 is 1.00 bits per heavy atom. The van der Waals surface area contributed by atoms with E-state index in [-0.39, 0.29) is 17.9 Å². The molecular weight excluding hydrogens is 490 g/mol. The monoisotopic (exact) mass is 529 g/mol. The molecule has 206 valence electrons. The van der Waals surface area contributed by atoms with E-state index in [0.29, 0.717) is 43.2 Å². The van der Waals surface area contributed by atoms with Gasteiger partial charge in [0.15, 0.2) is 0 Å². The molecule has 8 heteroatoms. The molecule has 0 bridgehead atoms. The molecule has 0 aliphatic carbocycles. The average Bonchev–Trinajstić information content (AvgIpc) is 2.95. The van der Waals surface area contributed by atoms with Gasteiger partial charge in [-0.05, 0) is 63.7 Å². The Morgan fingerprint density at radius 3 is 2.44 bits per heavy atom. The number of ether oxygens (including phenoxy) is 1. The fraction of sp³-hybridized carbons (Fsp3) is 0.387. The topological polar surface area (TPSA) is 78.0 Å². The van der Waals surface area contributed by atoms with Gasteiger partial charge in [0, 0.05) is 56.1 Å². The van der Waals surface area contributed by atoms with Crippen molar-refractivity contribution in [2.75, 3.05) is 52.7 Å². The van der Waals surface area contributed by atoms with Crippen LogP contribution in [-0.4, -0.2) is 79.0 Å². The highest BCUT2D eigenvalue weighted by Crippen LogP contribution is 2.31. The Hall–Kier alpha value is -3.91. The molecule has 1 aromatic heterocycles. The summed E-state index contributed by atoms with van der Waals surface area (Å²) in [5.74, 6) is 0.805. The molecule has 8 nitrogen and oxygen atoms in total. The second kappa shape index (κ2) is 13.2. The van der Waals surface area contributed by atoms with Crippen LogP contribution in [-0.2, 0) is 6.54 Å². The van der Waals surface area contributed by atoms with Crippen molar-refractivity contribution < 1.29 is 14.3 Å². The number of methoxy groups -OCH3 is 1. The minimum absolute atomic E-state index is 0.00130. The van der Waals surface area contributed by atoms with Crippen LogP contribution >= 0.6 is 0 Å². The number of hydrogen-bond acceptors (Lipinski definition) is 5. The number of likely N-dealkylation sites (N-methyl/N-ethyl adjacent to an activating group) is 1. The predicted molar refractivity (Wildman–Crippen MR) is 154 cm³/mol. The molecule has 0 unspecified atom stereocenters. The van der Waals surface area contributed by atoms with Gasteiger partial charge in [-0.3, -0.25) is 9.78 Å². The first kappa shape index (κ1) is 28.1. The van der Waals surface area contributed by atoms with E-state index in [9.17, 15) is 9.59 Å². The Labute approximate surface area is 231 Å². The lowest BCUT2D eigenvalue weighted by Crippen LogP contribution is -2.41. The van der Waals surface area contributed by atoms with E-state index in [0.717, 1.165) is 36.3 Å². The van der Waals surface area contributed by atoms with E-state index in [2.05, 4.69) is 22.3 Å². The van der Waals surface area contributed by atoms with Crippen LogP contribution in [0.1, 0.15) is 46.1 Å². The zero-order valence-corrected chi connectivity index (χ0v) is 23.4. The number of carbonyl (C=O) groups is 2. The standard InChI is InChI=1S/C31H39N5O3/c1-23-13-14-28(30(37)36(20-19-34(2)3)22-24-9-6-5-7-10-24)29(32-23)25-15-17-35(18-16-25)31(38)33-26-11-8-12-27(21-26)39-4/h5-14,21,25H,15-20,22H2,1-4H3,(H,33,38). The van der Waals surface area contributed by atoms with Gasteiger partial charge in [-0.1, -0.05) is 36.4 Å². The number of nitrogens with zero attached hydrogens (tertiary/aromatic N) is 4. The number of urea groups is 1. The van der Waals surface area contributed by atoms with E-state index in [1.807, 2.05) is 79.3 Å². The molecule has 3 aromatic rings. The van der Waals surface area contributed by atoms with Crippen LogP contribution in [0.3, 0.4) is 0 Å². The first-order valence-electron chi connectivity index (χ1n) is 13.5. The smallest absolute Gasteiger partial charge is 0.321 e. The molecule has 1 N–H and O–H groups in total. The molecule has 0 spiro atoms. The third-order valence-corrected chi connectivity index (χ3v) is 7.10. The summed E-state index contributed by atoms with van der Waals surface area (Å²) in [5, 5.41) is 2.97. The maximum atomic E-state index is 13.9. The van der Waals surface area contributed by atoms with Gasteiger partial charge in [0.25, 0.3) is 5.91 Å². The number of benzene rings is 2. The van der Waals surface area contributed by atoms with Crippen molar-refractivity contribution in [3.05, 3.63) is 89.2 Å². The fourth-order valence-corrected chi connectivity index (χ4v) is 4.88. The number of aromatic nitrogens is 1. The van der Waals surface area contributed by atoms with E-state index >= 15 is 0 Å². The second-order valence-electron chi connectivity index (χ2n) is 10.3. The Morgan fingerprint density at radius 2 is 1.74 bits per heavy atom. The second-order valence-corrected chi connectivity index (χ2v) is 10.3. The summed E-state index contributed by atoms with van der Waals surface area (Å²) in [6.45, 7) is 5.09. The summed E-state index contributed by atoms with van der Waals surface area (Å²) in [6.07, 6.45) is 1.50. The highest BCUT2D eigenvalue weighted by atomic mass is 16.5. The van der Waals surface area contributed by atoms with Crippen LogP contribution in [0.4, 0.5) is 10.5 Å². The summed E-state index contributed by atoms with van der Waals surface area (Å²) in [6, 6.07) is 21.1. The number of anilines is 1. The van der Waals surface area contributed by atoms with Gasteiger partial charge in [-0.25, -0.2) is 4.79 Å². The average molecular weight is 530 g/mol. The summed E-state index contributed by atoms with van der Waals surface area (Å²) in [7, 11) is 5.64. The maximum Gasteiger partial charge on any atom is 0.321 e. The summed E-state index contributed by atoms with van der Waals surface area (Å²) >= 11 is 0. The molecule has 0 atom stereocenters. The number of hydrogen-bond donors (Lipinski definition) is 1. The van der Waals surface area contributed by atoms with E-state index in [4.69, 9.17) is 9.72 Å². The van der Waals surface area contributed by atoms with Gasteiger partial charge in [-0.15, -0.1) is 0 Å². The molecule has 39 heavy (non-hydrogen) atoms. The first-order chi connectivity index (χ1) is 18.8. The minimum Gasteiger partial charge on any atom is -0.497 e. The zero-order chi connectivity index (χ0) is 27.8. The molecule has 1 aliphatic heterocycles. The van der Waals surface area contributed by atoms with Crippen molar-refractivity contribution in [2.24, 2.45) is 0 Å². The predicted octanol–water partition coefficient (Wildman–Crippen LogP) is 5.01. The van der Waals surface area contributed by atoms with E-state index < -0.39 is 0 Å². The summed E-state index contributed by atoms with van der Waals surface area (Å²) in [5.41, 5.74) is 4.19. The minimum atomic E-state index is -0.132. The van der Waals surface area contributed by atoms with Crippen molar-refractivity contribution in [3.8, 4) is 5.75 Å². The molecule has 1 aliphatic rings.